The maximum atomic E-state index is 12.1. The molecule has 0 aliphatic carbocycles. The SMILES string of the molecule is O=C(Cc1ccc(-n2ccnc2)cc1)N1C[C@H](O)[C@@H](O)C1. The molecule has 1 aliphatic rings. The molecule has 0 spiro atoms. The highest BCUT2D eigenvalue weighted by Gasteiger charge is 2.32. The third-order valence-electron chi connectivity index (χ3n) is 3.71. The van der Waals surface area contributed by atoms with E-state index < -0.39 is 12.2 Å². The number of likely N-dealkylation sites (tertiary alicyclic amines) is 1. The van der Waals surface area contributed by atoms with Crippen LogP contribution in [-0.4, -0.2) is 55.9 Å². The van der Waals surface area contributed by atoms with Gasteiger partial charge in [0.25, 0.3) is 0 Å². The van der Waals surface area contributed by atoms with Crippen LogP contribution in [0.5, 0.6) is 0 Å². The predicted molar refractivity (Wildman–Crippen MR) is 75.9 cm³/mol. The molecule has 3 rings (SSSR count). The van der Waals surface area contributed by atoms with Gasteiger partial charge < -0.3 is 19.7 Å². The van der Waals surface area contributed by atoms with Crippen LogP contribution < -0.4 is 0 Å². The summed E-state index contributed by atoms with van der Waals surface area (Å²) in [6.07, 6.45) is 3.88. The van der Waals surface area contributed by atoms with Crippen LogP contribution in [0, 0.1) is 0 Å². The highest BCUT2D eigenvalue weighted by Crippen LogP contribution is 2.14. The van der Waals surface area contributed by atoms with E-state index in [1.807, 2.05) is 35.0 Å². The second-order valence-electron chi connectivity index (χ2n) is 5.25. The van der Waals surface area contributed by atoms with E-state index in [0.717, 1.165) is 11.3 Å². The van der Waals surface area contributed by atoms with E-state index in [1.165, 1.54) is 4.90 Å². The Labute approximate surface area is 122 Å². The summed E-state index contributed by atoms with van der Waals surface area (Å²) in [7, 11) is 0. The molecule has 1 aromatic carbocycles. The number of aliphatic hydroxyl groups excluding tert-OH is 2. The van der Waals surface area contributed by atoms with Crippen LogP contribution in [0.15, 0.2) is 43.0 Å². The molecular weight excluding hydrogens is 270 g/mol. The van der Waals surface area contributed by atoms with Gasteiger partial charge in [0.2, 0.25) is 5.91 Å². The first kappa shape index (κ1) is 13.8. The molecule has 1 fully saturated rings. The zero-order valence-electron chi connectivity index (χ0n) is 11.5. The maximum absolute atomic E-state index is 12.1. The fourth-order valence-corrected chi connectivity index (χ4v) is 2.46. The lowest BCUT2D eigenvalue weighted by atomic mass is 10.1. The molecule has 21 heavy (non-hydrogen) atoms. The summed E-state index contributed by atoms with van der Waals surface area (Å²) in [5.41, 5.74) is 1.88. The van der Waals surface area contributed by atoms with E-state index in [2.05, 4.69) is 4.98 Å². The molecule has 1 saturated heterocycles. The van der Waals surface area contributed by atoms with Crippen LogP contribution in [0.2, 0.25) is 0 Å². The number of rotatable bonds is 3. The van der Waals surface area contributed by atoms with Gasteiger partial charge in [-0.2, -0.15) is 0 Å². The summed E-state index contributed by atoms with van der Waals surface area (Å²) < 4.78 is 1.89. The van der Waals surface area contributed by atoms with Crippen LogP contribution in [0.25, 0.3) is 5.69 Å². The van der Waals surface area contributed by atoms with Crippen molar-refractivity contribution in [3.05, 3.63) is 48.5 Å². The monoisotopic (exact) mass is 287 g/mol. The number of amides is 1. The number of carbonyl (C=O) groups is 1. The number of benzene rings is 1. The highest BCUT2D eigenvalue weighted by atomic mass is 16.3. The molecule has 0 bridgehead atoms. The molecule has 0 radical (unpaired) electrons. The molecule has 6 heteroatoms. The Bertz CT molecular complexity index is 600. The minimum atomic E-state index is -0.836. The van der Waals surface area contributed by atoms with Crippen molar-refractivity contribution in [2.24, 2.45) is 0 Å². The lowest BCUT2D eigenvalue weighted by molar-refractivity contribution is -0.129. The summed E-state index contributed by atoms with van der Waals surface area (Å²) >= 11 is 0. The van der Waals surface area contributed by atoms with Gasteiger partial charge in [-0.1, -0.05) is 12.1 Å². The Morgan fingerprint density at radius 2 is 1.86 bits per heavy atom. The Kier molecular flexibility index (Phi) is 3.72. The molecule has 2 atom stereocenters. The minimum absolute atomic E-state index is 0.0824. The van der Waals surface area contributed by atoms with Crippen molar-refractivity contribution in [1.82, 2.24) is 14.5 Å². The lowest BCUT2D eigenvalue weighted by Gasteiger charge is -2.15. The van der Waals surface area contributed by atoms with E-state index in [-0.39, 0.29) is 25.4 Å². The zero-order valence-corrected chi connectivity index (χ0v) is 11.5. The average Bonchev–Trinajstić information content (AvgIpc) is 3.11. The molecule has 1 amide bonds. The molecule has 110 valence electrons. The lowest BCUT2D eigenvalue weighted by Crippen LogP contribution is -2.31. The fourth-order valence-electron chi connectivity index (χ4n) is 2.46. The first-order chi connectivity index (χ1) is 10.1. The topological polar surface area (TPSA) is 78.6 Å². The minimum Gasteiger partial charge on any atom is -0.388 e. The summed E-state index contributed by atoms with van der Waals surface area (Å²) in [6, 6.07) is 7.66. The molecule has 0 unspecified atom stereocenters. The number of aliphatic hydroxyl groups is 2. The number of imidazole rings is 1. The molecular formula is C15H17N3O3. The van der Waals surface area contributed by atoms with Gasteiger partial charge in [0, 0.05) is 31.2 Å². The van der Waals surface area contributed by atoms with Crippen molar-refractivity contribution < 1.29 is 15.0 Å². The quantitative estimate of drug-likeness (QED) is 0.831. The van der Waals surface area contributed by atoms with Crippen molar-refractivity contribution in [3.63, 3.8) is 0 Å². The third-order valence-corrected chi connectivity index (χ3v) is 3.71. The van der Waals surface area contributed by atoms with Crippen molar-refractivity contribution in [2.45, 2.75) is 18.6 Å². The van der Waals surface area contributed by atoms with Crippen LogP contribution in [0.1, 0.15) is 5.56 Å². The molecule has 1 aliphatic heterocycles. The summed E-state index contributed by atoms with van der Waals surface area (Å²) in [5, 5.41) is 18.9. The van der Waals surface area contributed by atoms with Gasteiger partial charge in [-0.3, -0.25) is 4.79 Å². The Morgan fingerprint density at radius 1 is 1.19 bits per heavy atom. The van der Waals surface area contributed by atoms with Gasteiger partial charge in [-0.05, 0) is 17.7 Å². The number of hydrogen-bond donors (Lipinski definition) is 2. The number of aromatic nitrogens is 2. The third kappa shape index (κ3) is 2.96. The summed E-state index contributed by atoms with van der Waals surface area (Å²) in [4.78, 5) is 17.6. The number of hydrogen-bond acceptors (Lipinski definition) is 4. The Balaban J connectivity index is 1.64. The van der Waals surface area contributed by atoms with Crippen LogP contribution >= 0.6 is 0 Å². The van der Waals surface area contributed by atoms with Gasteiger partial charge in [0.1, 0.15) is 0 Å². The van der Waals surface area contributed by atoms with Gasteiger partial charge >= 0.3 is 0 Å². The number of nitrogens with zero attached hydrogens (tertiary/aromatic N) is 3. The van der Waals surface area contributed by atoms with Crippen molar-refractivity contribution in [1.29, 1.82) is 0 Å². The summed E-state index contributed by atoms with van der Waals surface area (Å²) in [5.74, 6) is -0.0824. The number of β-amino-alcohol motifs (C(OH)–C–C–N with tert-alkyl or cyclic N) is 2. The van der Waals surface area contributed by atoms with E-state index in [9.17, 15) is 15.0 Å². The van der Waals surface area contributed by atoms with E-state index in [1.54, 1.807) is 12.5 Å². The molecule has 2 N–H and O–H groups in total. The summed E-state index contributed by atoms with van der Waals surface area (Å²) in [6.45, 7) is 0.403. The van der Waals surface area contributed by atoms with Crippen molar-refractivity contribution in [3.8, 4) is 5.69 Å². The average molecular weight is 287 g/mol. The smallest absolute Gasteiger partial charge is 0.227 e. The van der Waals surface area contributed by atoms with Crippen LogP contribution in [-0.2, 0) is 11.2 Å². The van der Waals surface area contributed by atoms with Crippen molar-refractivity contribution in [2.75, 3.05) is 13.1 Å². The molecule has 2 heterocycles. The van der Waals surface area contributed by atoms with Crippen molar-refractivity contribution >= 4 is 5.91 Å². The standard InChI is InChI=1S/C15H17N3O3/c19-13-8-18(9-14(13)20)15(21)7-11-1-3-12(4-2-11)17-6-5-16-10-17/h1-6,10,13-14,19-20H,7-9H2/t13-,14-/m0/s1. The Morgan fingerprint density at radius 3 is 2.43 bits per heavy atom. The first-order valence-corrected chi connectivity index (χ1v) is 6.84. The first-order valence-electron chi connectivity index (χ1n) is 6.84. The number of carbonyl (C=O) groups excluding carboxylic acids is 1. The second-order valence-corrected chi connectivity index (χ2v) is 5.25. The van der Waals surface area contributed by atoms with Gasteiger partial charge in [0.05, 0.1) is 25.0 Å². The maximum Gasteiger partial charge on any atom is 0.227 e. The fraction of sp³-hybridized carbons (Fsp3) is 0.333. The Hall–Kier alpha value is -2.18. The van der Waals surface area contributed by atoms with E-state index in [0.29, 0.717) is 0 Å². The van der Waals surface area contributed by atoms with E-state index >= 15 is 0 Å². The van der Waals surface area contributed by atoms with Gasteiger partial charge in [0.15, 0.2) is 0 Å². The predicted octanol–water partition coefficient (Wildman–Crippen LogP) is -0.0212. The molecule has 1 aromatic heterocycles. The molecule has 2 aromatic rings. The van der Waals surface area contributed by atoms with Gasteiger partial charge in [-0.15, -0.1) is 0 Å². The van der Waals surface area contributed by atoms with Gasteiger partial charge in [-0.25, -0.2) is 4.98 Å². The molecule has 0 saturated carbocycles. The zero-order chi connectivity index (χ0) is 14.8. The largest absolute Gasteiger partial charge is 0.388 e. The normalized spacial score (nSPS) is 21.7. The van der Waals surface area contributed by atoms with Crippen LogP contribution in [0.4, 0.5) is 0 Å². The van der Waals surface area contributed by atoms with Crippen LogP contribution in [0.3, 0.4) is 0 Å². The second kappa shape index (κ2) is 5.67. The van der Waals surface area contributed by atoms with E-state index in [4.69, 9.17) is 0 Å². The molecule has 6 nitrogen and oxygen atoms in total. The highest BCUT2D eigenvalue weighted by molar-refractivity contribution is 5.79.